The molecule has 1 rings (SSSR count). The van der Waals surface area contributed by atoms with Crippen molar-refractivity contribution >= 4 is 16.7 Å². The van der Waals surface area contributed by atoms with Crippen LogP contribution in [0.1, 0.15) is 13.8 Å². The average molecular weight is 257 g/mol. The zero-order chi connectivity index (χ0) is 13.0. The Labute approximate surface area is 103 Å². The molecule has 1 amide bonds. The minimum absolute atomic E-state index is 0.0691. The summed E-state index contributed by atoms with van der Waals surface area (Å²) in [4.78, 5) is 13.7. The largest absolute Gasteiger partial charge is 0.343 e. The van der Waals surface area contributed by atoms with Gasteiger partial charge in [0.1, 0.15) is 11.6 Å². The number of carbonyl (C=O) groups excluding carboxylic acids is 1. The molecule has 0 saturated carbocycles. The molecule has 1 atom stereocenters. The van der Waals surface area contributed by atoms with Gasteiger partial charge in [-0.15, -0.1) is 0 Å². The van der Waals surface area contributed by atoms with Crippen LogP contribution in [0, 0.1) is 5.82 Å². The first-order valence-electron chi connectivity index (χ1n) is 5.31. The molecule has 1 unspecified atom stereocenters. The highest BCUT2D eigenvalue weighted by molar-refractivity contribution is 7.85. The summed E-state index contributed by atoms with van der Waals surface area (Å²) in [6, 6.07) is 5.43. The van der Waals surface area contributed by atoms with Crippen LogP contribution in [0.2, 0.25) is 0 Å². The summed E-state index contributed by atoms with van der Waals surface area (Å²) in [6.07, 6.45) is 0. The molecule has 0 N–H and O–H groups in total. The second-order valence-electron chi connectivity index (χ2n) is 4.04. The Balaban J connectivity index is 2.67. The van der Waals surface area contributed by atoms with Gasteiger partial charge in [0, 0.05) is 18.0 Å². The Morgan fingerprint density at radius 3 is 2.35 bits per heavy atom. The van der Waals surface area contributed by atoms with Crippen molar-refractivity contribution < 1.29 is 13.4 Å². The Hall–Kier alpha value is -1.23. The average Bonchev–Trinajstić information content (AvgIpc) is 2.28. The molecular weight excluding hydrogens is 241 g/mol. The minimum Gasteiger partial charge on any atom is -0.343 e. The van der Waals surface area contributed by atoms with E-state index in [-0.39, 0.29) is 23.5 Å². The van der Waals surface area contributed by atoms with Crippen LogP contribution in [0.3, 0.4) is 0 Å². The number of rotatable bonds is 4. The summed E-state index contributed by atoms with van der Waals surface area (Å²) < 4.78 is 24.5. The number of halogens is 1. The maximum absolute atomic E-state index is 12.7. The van der Waals surface area contributed by atoms with E-state index in [1.807, 2.05) is 13.8 Å². The fraction of sp³-hybridized carbons (Fsp3) is 0.417. The van der Waals surface area contributed by atoms with E-state index in [9.17, 15) is 13.4 Å². The van der Waals surface area contributed by atoms with Crippen LogP contribution in [-0.2, 0) is 15.6 Å². The van der Waals surface area contributed by atoms with E-state index < -0.39 is 10.8 Å². The van der Waals surface area contributed by atoms with E-state index in [4.69, 9.17) is 0 Å². The monoisotopic (exact) mass is 257 g/mol. The standard InChI is InChI=1S/C12H16FNO2S/c1-9(2)14(3)12(15)8-17(16)11-6-4-10(13)5-7-11/h4-7,9H,8H2,1-3H3. The van der Waals surface area contributed by atoms with Crippen molar-refractivity contribution in [2.45, 2.75) is 24.8 Å². The van der Waals surface area contributed by atoms with Gasteiger partial charge in [0.2, 0.25) is 5.91 Å². The van der Waals surface area contributed by atoms with Gasteiger partial charge in [-0.3, -0.25) is 9.00 Å². The summed E-state index contributed by atoms with van der Waals surface area (Å²) in [5.74, 6) is -0.626. The molecule has 1 aromatic rings. The Morgan fingerprint density at radius 1 is 1.35 bits per heavy atom. The molecule has 0 aliphatic heterocycles. The number of amides is 1. The van der Waals surface area contributed by atoms with Gasteiger partial charge >= 0.3 is 0 Å². The Morgan fingerprint density at radius 2 is 1.88 bits per heavy atom. The highest BCUT2D eigenvalue weighted by atomic mass is 32.2. The van der Waals surface area contributed by atoms with Crippen molar-refractivity contribution in [1.82, 2.24) is 4.90 Å². The smallest absolute Gasteiger partial charge is 0.235 e. The molecule has 17 heavy (non-hydrogen) atoms. The normalized spacial score (nSPS) is 12.5. The quantitative estimate of drug-likeness (QED) is 0.825. The molecule has 0 aliphatic rings. The van der Waals surface area contributed by atoms with Gasteiger partial charge in [0.15, 0.2) is 0 Å². The minimum atomic E-state index is -1.42. The first kappa shape index (κ1) is 13.8. The third-order valence-corrected chi connectivity index (χ3v) is 3.81. The molecule has 0 aliphatic carbocycles. The molecular formula is C12H16FNO2S. The number of hydrogen-bond donors (Lipinski definition) is 0. The lowest BCUT2D eigenvalue weighted by Gasteiger charge is -2.21. The van der Waals surface area contributed by atoms with Crippen LogP contribution in [-0.4, -0.2) is 33.9 Å². The molecule has 1 aromatic carbocycles. The molecule has 5 heteroatoms. The zero-order valence-electron chi connectivity index (χ0n) is 10.1. The molecule has 3 nitrogen and oxygen atoms in total. The number of nitrogens with zero attached hydrogens (tertiary/aromatic N) is 1. The lowest BCUT2D eigenvalue weighted by atomic mass is 10.3. The summed E-state index contributed by atoms with van der Waals surface area (Å²) in [6.45, 7) is 3.78. The second kappa shape index (κ2) is 5.91. The number of carbonyl (C=O) groups is 1. The summed E-state index contributed by atoms with van der Waals surface area (Å²) in [5, 5.41) is 0. The SMILES string of the molecule is CC(C)N(C)C(=O)CS(=O)c1ccc(F)cc1. The van der Waals surface area contributed by atoms with Crippen molar-refractivity contribution in [2.24, 2.45) is 0 Å². The van der Waals surface area contributed by atoms with Gasteiger partial charge in [-0.2, -0.15) is 0 Å². The van der Waals surface area contributed by atoms with Crippen molar-refractivity contribution in [1.29, 1.82) is 0 Å². The van der Waals surface area contributed by atoms with Gasteiger partial charge < -0.3 is 4.90 Å². The summed E-state index contributed by atoms with van der Waals surface area (Å²) >= 11 is 0. The zero-order valence-corrected chi connectivity index (χ0v) is 11.0. The fourth-order valence-corrected chi connectivity index (χ4v) is 2.21. The van der Waals surface area contributed by atoms with Gasteiger partial charge in [-0.1, -0.05) is 0 Å². The van der Waals surface area contributed by atoms with Crippen LogP contribution in [0.5, 0.6) is 0 Å². The number of benzene rings is 1. The van der Waals surface area contributed by atoms with E-state index in [0.29, 0.717) is 4.90 Å². The topological polar surface area (TPSA) is 37.4 Å². The van der Waals surface area contributed by atoms with Gasteiger partial charge in [0.05, 0.1) is 10.8 Å². The molecule has 0 bridgehead atoms. The first-order chi connectivity index (χ1) is 7.91. The molecule has 0 spiro atoms. The van der Waals surface area contributed by atoms with Crippen LogP contribution >= 0.6 is 0 Å². The predicted molar refractivity (Wildman–Crippen MR) is 65.6 cm³/mol. The van der Waals surface area contributed by atoms with E-state index in [1.165, 1.54) is 24.3 Å². The molecule has 0 fully saturated rings. The second-order valence-corrected chi connectivity index (χ2v) is 5.49. The van der Waals surface area contributed by atoms with E-state index in [1.54, 1.807) is 11.9 Å². The summed E-state index contributed by atoms with van der Waals surface area (Å²) in [5.41, 5.74) is 0. The van der Waals surface area contributed by atoms with E-state index >= 15 is 0 Å². The van der Waals surface area contributed by atoms with Crippen molar-refractivity contribution in [3.05, 3.63) is 30.1 Å². The summed E-state index contributed by atoms with van der Waals surface area (Å²) in [7, 11) is 0.259. The van der Waals surface area contributed by atoms with Crippen molar-refractivity contribution in [2.75, 3.05) is 12.8 Å². The molecule has 0 heterocycles. The van der Waals surface area contributed by atoms with E-state index in [2.05, 4.69) is 0 Å². The third-order valence-electron chi connectivity index (χ3n) is 2.50. The highest BCUT2D eigenvalue weighted by Crippen LogP contribution is 2.09. The predicted octanol–water partition coefficient (Wildman–Crippen LogP) is 1.80. The maximum atomic E-state index is 12.7. The van der Waals surface area contributed by atoms with Crippen molar-refractivity contribution in [3.63, 3.8) is 0 Å². The third kappa shape index (κ3) is 3.93. The molecule has 0 radical (unpaired) electrons. The van der Waals surface area contributed by atoms with Crippen LogP contribution in [0.25, 0.3) is 0 Å². The molecule has 0 saturated heterocycles. The van der Waals surface area contributed by atoms with Crippen molar-refractivity contribution in [3.8, 4) is 0 Å². The lowest BCUT2D eigenvalue weighted by molar-refractivity contribution is -0.128. The molecule has 0 aromatic heterocycles. The first-order valence-corrected chi connectivity index (χ1v) is 6.63. The van der Waals surface area contributed by atoms with Gasteiger partial charge in [-0.05, 0) is 38.1 Å². The lowest BCUT2D eigenvalue weighted by Crippen LogP contribution is -2.36. The number of hydrogen-bond acceptors (Lipinski definition) is 2. The fourth-order valence-electron chi connectivity index (χ4n) is 1.17. The van der Waals surface area contributed by atoms with Gasteiger partial charge in [-0.25, -0.2) is 4.39 Å². The van der Waals surface area contributed by atoms with Gasteiger partial charge in [0.25, 0.3) is 0 Å². The Kier molecular flexibility index (Phi) is 4.81. The highest BCUT2D eigenvalue weighted by Gasteiger charge is 2.16. The molecule has 94 valence electrons. The van der Waals surface area contributed by atoms with Crippen LogP contribution in [0.15, 0.2) is 29.2 Å². The van der Waals surface area contributed by atoms with Crippen LogP contribution in [0.4, 0.5) is 4.39 Å². The van der Waals surface area contributed by atoms with E-state index in [0.717, 1.165) is 0 Å². The maximum Gasteiger partial charge on any atom is 0.235 e. The Bertz CT molecular complexity index is 417. The van der Waals surface area contributed by atoms with Crippen LogP contribution < -0.4 is 0 Å².